The minimum Gasteiger partial charge on any atom is -0.486 e. The lowest BCUT2D eigenvalue weighted by Crippen LogP contribution is -2.43. The molecule has 2 aliphatic carbocycles. The Balaban J connectivity index is 1.28. The molecule has 2 saturated carbocycles. The number of aromatic nitrogens is 3. The van der Waals surface area contributed by atoms with E-state index in [0.717, 1.165) is 17.6 Å². The number of carbonyl (C=O) groups excluding carboxylic acids is 1. The number of nitrogen functional groups attached to an aromatic ring is 1. The van der Waals surface area contributed by atoms with E-state index < -0.39 is 0 Å². The summed E-state index contributed by atoms with van der Waals surface area (Å²) in [5, 5.41) is 11.7. The first-order valence-electron chi connectivity index (χ1n) is 11.7. The molecule has 2 bridgehead atoms. The van der Waals surface area contributed by atoms with Gasteiger partial charge in [-0.1, -0.05) is 44.2 Å². The summed E-state index contributed by atoms with van der Waals surface area (Å²) in [4.78, 5) is 12.8. The number of amides is 1. The van der Waals surface area contributed by atoms with Crippen LogP contribution in [0.25, 0.3) is 0 Å². The summed E-state index contributed by atoms with van der Waals surface area (Å²) in [5.41, 5.74) is 1.26. The summed E-state index contributed by atoms with van der Waals surface area (Å²) in [6, 6.07) is 8.24. The van der Waals surface area contributed by atoms with Crippen LogP contribution in [0.2, 0.25) is 0 Å². The fourth-order valence-electron chi connectivity index (χ4n) is 5.15. The average Bonchev–Trinajstić information content (AvgIpc) is 3.49. The summed E-state index contributed by atoms with van der Waals surface area (Å²) in [6.45, 7) is 8.56. The smallest absolute Gasteiger partial charge is 0.233 e. The highest BCUT2D eigenvalue weighted by Gasteiger charge is 2.42. The van der Waals surface area contributed by atoms with Crippen molar-refractivity contribution in [3.05, 3.63) is 35.7 Å². The third kappa shape index (κ3) is 5.05. The van der Waals surface area contributed by atoms with Crippen LogP contribution in [0.15, 0.2) is 29.4 Å². The molecular weight excluding hydrogens is 422 g/mol. The summed E-state index contributed by atoms with van der Waals surface area (Å²) < 4.78 is 7.23. The van der Waals surface area contributed by atoms with Crippen molar-refractivity contribution in [3.63, 3.8) is 0 Å². The van der Waals surface area contributed by atoms with Crippen LogP contribution in [-0.2, 0) is 11.4 Å². The predicted molar refractivity (Wildman–Crippen MR) is 127 cm³/mol. The zero-order chi connectivity index (χ0) is 22.8. The van der Waals surface area contributed by atoms with Gasteiger partial charge in [0.05, 0.1) is 5.25 Å². The number of hydrogen-bond donors (Lipinski definition) is 2. The third-order valence-electron chi connectivity index (χ3n) is 7.11. The van der Waals surface area contributed by atoms with Crippen molar-refractivity contribution in [3.8, 4) is 5.75 Å². The Kier molecular flexibility index (Phi) is 6.98. The minimum atomic E-state index is -0.306. The van der Waals surface area contributed by atoms with Gasteiger partial charge in [-0.25, -0.2) is 4.68 Å². The quantitative estimate of drug-likeness (QED) is 0.435. The Morgan fingerprint density at radius 3 is 2.56 bits per heavy atom. The number of fused-ring (bicyclic) bond motifs is 2. The van der Waals surface area contributed by atoms with Crippen molar-refractivity contribution in [2.75, 3.05) is 5.84 Å². The molecule has 4 rings (SSSR count). The summed E-state index contributed by atoms with van der Waals surface area (Å²) in [6.07, 6.45) is 5.30. The van der Waals surface area contributed by atoms with E-state index in [4.69, 9.17) is 10.6 Å². The van der Waals surface area contributed by atoms with E-state index in [9.17, 15) is 4.79 Å². The maximum atomic E-state index is 12.8. The molecule has 3 N–H and O–H groups in total. The maximum absolute atomic E-state index is 12.8. The third-order valence-corrected chi connectivity index (χ3v) is 8.16. The fourth-order valence-corrected chi connectivity index (χ4v) is 5.95. The van der Waals surface area contributed by atoms with Crippen molar-refractivity contribution in [1.82, 2.24) is 20.2 Å². The number of nitrogens with zero attached hydrogens (tertiary/aromatic N) is 3. The monoisotopic (exact) mass is 457 g/mol. The highest BCUT2D eigenvalue weighted by molar-refractivity contribution is 8.00. The number of benzene rings is 1. The molecule has 1 heterocycles. The van der Waals surface area contributed by atoms with E-state index >= 15 is 0 Å². The lowest BCUT2D eigenvalue weighted by molar-refractivity contribution is -0.121. The van der Waals surface area contributed by atoms with Gasteiger partial charge >= 0.3 is 0 Å². The number of thioether (sulfide) groups is 1. The molecule has 0 saturated heterocycles. The van der Waals surface area contributed by atoms with Gasteiger partial charge in [-0.3, -0.25) is 4.79 Å². The minimum absolute atomic E-state index is 0.0244. The van der Waals surface area contributed by atoms with Gasteiger partial charge in [-0.15, -0.1) is 10.2 Å². The van der Waals surface area contributed by atoms with E-state index in [1.165, 1.54) is 47.7 Å². The predicted octanol–water partition coefficient (Wildman–Crippen LogP) is 4.12. The molecule has 2 aromatic rings. The SMILES string of the molecule is CC(Sc1nnc(COc2ccc(C(C)C)cc2)n1N)C(=O)NC(C)C1CC2CCC1C2. The van der Waals surface area contributed by atoms with Gasteiger partial charge in [-0.2, -0.15) is 0 Å². The normalized spacial score (nSPS) is 24.0. The Bertz CT molecular complexity index is 929. The van der Waals surface area contributed by atoms with Crippen LogP contribution in [0.5, 0.6) is 5.75 Å². The molecule has 5 atom stereocenters. The molecule has 8 heteroatoms. The van der Waals surface area contributed by atoms with Gasteiger partial charge < -0.3 is 15.9 Å². The van der Waals surface area contributed by atoms with Crippen LogP contribution in [0.4, 0.5) is 0 Å². The number of ether oxygens (including phenoxy) is 1. The second-order valence-corrected chi connectivity index (χ2v) is 11.0. The van der Waals surface area contributed by atoms with Crippen molar-refractivity contribution >= 4 is 17.7 Å². The lowest BCUT2D eigenvalue weighted by Gasteiger charge is -2.29. The molecule has 0 spiro atoms. The number of hydrogen-bond acceptors (Lipinski definition) is 6. The van der Waals surface area contributed by atoms with Gasteiger partial charge in [0.25, 0.3) is 0 Å². The number of rotatable bonds is 9. The molecular formula is C24H35N5O2S. The van der Waals surface area contributed by atoms with Gasteiger partial charge in [0.15, 0.2) is 5.82 Å². The average molecular weight is 458 g/mol. The first-order valence-corrected chi connectivity index (χ1v) is 12.6. The first-order chi connectivity index (χ1) is 15.3. The molecule has 2 fully saturated rings. The van der Waals surface area contributed by atoms with E-state index in [0.29, 0.717) is 22.8 Å². The number of nitrogens with two attached hydrogens (primary N) is 1. The molecule has 0 aliphatic heterocycles. The van der Waals surface area contributed by atoms with Crippen LogP contribution >= 0.6 is 11.8 Å². The van der Waals surface area contributed by atoms with Gasteiger partial charge in [0, 0.05) is 6.04 Å². The van der Waals surface area contributed by atoms with Crippen molar-refractivity contribution in [2.45, 2.75) is 82.4 Å². The molecule has 0 radical (unpaired) electrons. The second-order valence-electron chi connectivity index (χ2n) is 9.68. The van der Waals surface area contributed by atoms with E-state index in [-0.39, 0.29) is 23.8 Å². The van der Waals surface area contributed by atoms with Crippen molar-refractivity contribution in [2.24, 2.45) is 17.8 Å². The molecule has 2 aliphatic rings. The van der Waals surface area contributed by atoms with Gasteiger partial charge in [0.2, 0.25) is 11.1 Å². The summed E-state index contributed by atoms with van der Waals surface area (Å²) in [5.74, 6) is 10.2. The largest absolute Gasteiger partial charge is 0.486 e. The van der Waals surface area contributed by atoms with E-state index in [1.807, 2.05) is 19.1 Å². The number of carbonyl (C=O) groups is 1. The van der Waals surface area contributed by atoms with E-state index in [1.54, 1.807) is 0 Å². The Morgan fingerprint density at radius 1 is 1.19 bits per heavy atom. The Morgan fingerprint density at radius 2 is 1.94 bits per heavy atom. The van der Waals surface area contributed by atoms with E-state index in [2.05, 4.69) is 48.4 Å². The number of nitrogens with one attached hydrogen (secondary N) is 1. The Hall–Kier alpha value is -2.22. The first kappa shape index (κ1) is 23.0. The standard InChI is InChI=1S/C24H35N5O2S/c1-14(2)18-7-9-20(10-8-18)31-13-22-27-28-24(29(22)25)32-16(4)23(30)26-15(3)21-12-17-5-6-19(21)11-17/h7-10,14-17,19,21H,5-6,11-13,25H2,1-4H3,(H,26,30). The van der Waals surface area contributed by atoms with Gasteiger partial charge in [-0.05, 0) is 74.5 Å². The zero-order valence-corrected chi connectivity index (χ0v) is 20.3. The summed E-state index contributed by atoms with van der Waals surface area (Å²) in [7, 11) is 0. The zero-order valence-electron chi connectivity index (χ0n) is 19.5. The molecule has 1 amide bonds. The van der Waals surface area contributed by atoms with Crippen LogP contribution in [0.3, 0.4) is 0 Å². The van der Waals surface area contributed by atoms with Crippen LogP contribution in [0.1, 0.15) is 70.7 Å². The van der Waals surface area contributed by atoms with Crippen molar-refractivity contribution in [1.29, 1.82) is 0 Å². The molecule has 7 nitrogen and oxygen atoms in total. The molecule has 5 unspecified atom stereocenters. The topological polar surface area (TPSA) is 95.1 Å². The molecule has 1 aromatic heterocycles. The second kappa shape index (κ2) is 9.73. The van der Waals surface area contributed by atoms with Crippen LogP contribution < -0.4 is 15.9 Å². The van der Waals surface area contributed by atoms with Crippen molar-refractivity contribution < 1.29 is 9.53 Å². The molecule has 1 aromatic carbocycles. The van der Waals surface area contributed by atoms with Crippen LogP contribution in [-0.4, -0.2) is 32.1 Å². The fraction of sp³-hybridized carbons (Fsp3) is 0.625. The highest BCUT2D eigenvalue weighted by atomic mass is 32.2. The maximum Gasteiger partial charge on any atom is 0.233 e. The molecule has 174 valence electrons. The summed E-state index contributed by atoms with van der Waals surface area (Å²) >= 11 is 1.32. The lowest BCUT2D eigenvalue weighted by atomic mass is 9.84. The van der Waals surface area contributed by atoms with Gasteiger partial charge in [0.1, 0.15) is 12.4 Å². The highest BCUT2D eigenvalue weighted by Crippen LogP contribution is 2.49. The van der Waals surface area contributed by atoms with Crippen LogP contribution in [0, 0.1) is 17.8 Å². The Labute approximate surface area is 194 Å². The molecule has 32 heavy (non-hydrogen) atoms.